The van der Waals surface area contributed by atoms with E-state index in [0.29, 0.717) is 46.1 Å². The normalized spacial score (nSPS) is 12.8. The van der Waals surface area contributed by atoms with Crippen molar-refractivity contribution in [3.8, 4) is 57.3 Å². The van der Waals surface area contributed by atoms with Gasteiger partial charge in [-0.2, -0.15) is 0 Å². The summed E-state index contributed by atoms with van der Waals surface area (Å²) in [5, 5.41) is 0. The van der Waals surface area contributed by atoms with E-state index < -0.39 is 0 Å². The first-order valence-electron chi connectivity index (χ1n) is 32.9. The molecule has 0 amide bonds. The molecular formula is C74H96N10O6. The molecule has 2 aromatic heterocycles. The van der Waals surface area contributed by atoms with Gasteiger partial charge in [0.25, 0.3) is 0 Å². The Hall–Kier alpha value is -7.76. The molecule has 2 aliphatic heterocycles. The molecule has 478 valence electrons. The zero-order valence-corrected chi connectivity index (χ0v) is 54.8. The van der Waals surface area contributed by atoms with Gasteiger partial charge in [-0.25, -0.2) is 9.97 Å². The highest BCUT2D eigenvalue weighted by Crippen LogP contribution is 2.39. The van der Waals surface area contributed by atoms with E-state index in [1.54, 1.807) is 0 Å². The third-order valence-corrected chi connectivity index (χ3v) is 16.5. The van der Waals surface area contributed by atoms with Crippen molar-refractivity contribution in [2.24, 2.45) is 9.98 Å². The molecule has 0 saturated heterocycles. The van der Waals surface area contributed by atoms with Crippen LogP contribution in [0.1, 0.15) is 112 Å². The van der Waals surface area contributed by atoms with Gasteiger partial charge in [0.05, 0.1) is 90.1 Å². The molecule has 0 radical (unpaired) electrons. The lowest BCUT2D eigenvalue weighted by Crippen LogP contribution is -2.15. The average molecular weight is 1220 g/mol. The Morgan fingerprint density at radius 1 is 0.344 bits per heavy atom. The number of fused-ring (bicyclic) bond motifs is 4. The zero-order chi connectivity index (χ0) is 62.6. The van der Waals surface area contributed by atoms with Crippen LogP contribution in [0, 0.1) is 0 Å². The van der Waals surface area contributed by atoms with Crippen LogP contribution in [0.4, 0.5) is 11.4 Å². The maximum Gasteiger partial charge on any atom is 0.142 e. The monoisotopic (exact) mass is 1220 g/mol. The molecule has 0 saturated carbocycles. The first-order valence-corrected chi connectivity index (χ1v) is 32.9. The Bertz CT molecular complexity index is 3660. The van der Waals surface area contributed by atoms with E-state index in [2.05, 4.69) is 147 Å². The van der Waals surface area contributed by atoms with Crippen LogP contribution in [0.3, 0.4) is 0 Å². The molecule has 8 aromatic rings. The van der Waals surface area contributed by atoms with E-state index in [1.165, 1.54) is 49.7 Å². The summed E-state index contributed by atoms with van der Waals surface area (Å²) in [6.45, 7) is 7.90. The Labute approximate surface area is 534 Å². The van der Waals surface area contributed by atoms with Crippen LogP contribution in [0.15, 0.2) is 119 Å². The van der Waals surface area contributed by atoms with Gasteiger partial charge in [-0.15, -0.1) is 0 Å². The quantitative estimate of drug-likeness (QED) is 0.0353. The van der Waals surface area contributed by atoms with E-state index in [9.17, 15) is 0 Å². The third kappa shape index (κ3) is 18.9. The number of H-pyrrole nitrogens is 2. The van der Waals surface area contributed by atoms with E-state index >= 15 is 0 Å². The largest absolute Gasteiger partial charge is 0.494 e. The fraction of sp³-hybridized carbons (Fsp3) is 0.459. The minimum Gasteiger partial charge on any atom is -0.494 e. The number of nitrogens with one attached hydrogen (secondary N) is 2. The van der Waals surface area contributed by atoms with Crippen LogP contribution in [-0.4, -0.2) is 173 Å². The SMILES string of the molecule is CN(C)CCCOc1ccc2c(c1)CC(c1ccc(-c3nc4ccc(OCCCN(C)C)cc4[nH]3)c(OCCCCCCCCCCCCOc3cc(-c4nc5ccc(OCCCN(C)C)cc5[nH]4)ccc3C3=Nc4ccc(OCCCN(C)C)cc4C3)c1)=N2. The number of aromatic amines is 2. The van der Waals surface area contributed by atoms with Crippen molar-refractivity contribution in [3.05, 3.63) is 131 Å². The number of nitrogens with zero attached hydrogens (tertiary/aromatic N) is 8. The number of hydrogen-bond acceptors (Lipinski definition) is 14. The number of benzene rings is 6. The molecule has 6 aromatic carbocycles. The van der Waals surface area contributed by atoms with Gasteiger partial charge in [0.1, 0.15) is 46.1 Å². The van der Waals surface area contributed by atoms with Crippen LogP contribution in [0.5, 0.6) is 34.5 Å². The number of ether oxygens (including phenoxy) is 6. The van der Waals surface area contributed by atoms with E-state index in [-0.39, 0.29) is 0 Å². The van der Waals surface area contributed by atoms with Crippen LogP contribution < -0.4 is 28.4 Å². The van der Waals surface area contributed by atoms with Gasteiger partial charge in [0.2, 0.25) is 0 Å². The van der Waals surface area contributed by atoms with Crippen molar-refractivity contribution >= 4 is 44.9 Å². The molecule has 2 aliphatic rings. The Balaban J connectivity index is 0.695. The van der Waals surface area contributed by atoms with Gasteiger partial charge in [-0.05, 0) is 191 Å². The number of aromatic nitrogens is 4. The number of hydrogen-bond donors (Lipinski definition) is 2. The molecule has 0 atom stereocenters. The van der Waals surface area contributed by atoms with Gasteiger partial charge < -0.3 is 58.0 Å². The molecule has 0 aliphatic carbocycles. The van der Waals surface area contributed by atoms with Gasteiger partial charge in [0, 0.05) is 67.8 Å². The molecule has 10 rings (SSSR count). The average Bonchev–Trinajstić information content (AvgIpc) is 1.72. The van der Waals surface area contributed by atoms with Crippen molar-refractivity contribution in [2.45, 2.75) is 103 Å². The fourth-order valence-electron chi connectivity index (χ4n) is 11.6. The maximum atomic E-state index is 6.73. The first kappa shape index (κ1) is 65.2. The lowest BCUT2D eigenvalue weighted by molar-refractivity contribution is 0.281. The lowest BCUT2D eigenvalue weighted by Gasteiger charge is -2.13. The van der Waals surface area contributed by atoms with Gasteiger partial charge in [-0.3, -0.25) is 9.98 Å². The second-order valence-corrected chi connectivity index (χ2v) is 25.3. The minimum atomic E-state index is 0.626. The summed E-state index contributed by atoms with van der Waals surface area (Å²) in [6.07, 6.45) is 16.8. The van der Waals surface area contributed by atoms with Crippen LogP contribution in [0.2, 0.25) is 0 Å². The predicted molar refractivity (Wildman–Crippen MR) is 368 cm³/mol. The summed E-state index contributed by atoms with van der Waals surface area (Å²) >= 11 is 0. The van der Waals surface area contributed by atoms with Crippen molar-refractivity contribution in [1.29, 1.82) is 0 Å². The molecule has 0 spiro atoms. The molecular weight excluding hydrogens is 1120 g/mol. The third-order valence-electron chi connectivity index (χ3n) is 16.5. The lowest BCUT2D eigenvalue weighted by atomic mass is 10.0. The molecule has 16 heteroatoms. The Kier molecular flexibility index (Phi) is 23.8. The van der Waals surface area contributed by atoms with Crippen molar-refractivity contribution < 1.29 is 28.4 Å². The molecule has 0 unspecified atom stereocenters. The number of imidazole rings is 2. The Morgan fingerprint density at radius 3 is 1.22 bits per heavy atom. The molecule has 4 heterocycles. The fourth-order valence-corrected chi connectivity index (χ4v) is 11.6. The minimum absolute atomic E-state index is 0.626. The van der Waals surface area contributed by atoms with E-state index in [0.717, 1.165) is 197 Å². The summed E-state index contributed by atoms with van der Waals surface area (Å²) < 4.78 is 37.9. The summed E-state index contributed by atoms with van der Waals surface area (Å²) in [5.41, 5.74) is 14.0. The summed E-state index contributed by atoms with van der Waals surface area (Å²) in [4.78, 5) is 36.1. The molecule has 16 nitrogen and oxygen atoms in total. The van der Waals surface area contributed by atoms with Crippen molar-refractivity contribution in [1.82, 2.24) is 39.5 Å². The second-order valence-electron chi connectivity index (χ2n) is 25.3. The van der Waals surface area contributed by atoms with Gasteiger partial charge in [-0.1, -0.05) is 63.5 Å². The van der Waals surface area contributed by atoms with Crippen LogP contribution in [0.25, 0.3) is 44.8 Å². The van der Waals surface area contributed by atoms with E-state index in [4.69, 9.17) is 48.4 Å². The zero-order valence-electron chi connectivity index (χ0n) is 54.8. The molecule has 90 heavy (non-hydrogen) atoms. The van der Waals surface area contributed by atoms with Crippen molar-refractivity contribution in [3.63, 3.8) is 0 Å². The summed E-state index contributed by atoms with van der Waals surface area (Å²) in [7, 11) is 16.7. The van der Waals surface area contributed by atoms with E-state index in [1.807, 2.05) is 48.5 Å². The predicted octanol–water partition coefficient (Wildman–Crippen LogP) is 14.8. The van der Waals surface area contributed by atoms with Crippen molar-refractivity contribution in [2.75, 3.05) is 122 Å². The summed E-state index contributed by atoms with van der Waals surface area (Å²) in [5.74, 6) is 6.67. The number of unbranched alkanes of at least 4 members (excludes halogenated alkanes) is 9. The molecule has 2 N–H and O–H groups in total. The summed E-state index contributed by atoms with van der Waals surface area (Å²) in [6, 6.07) is 37.5. The van der Waals surface area contributed by atoms with Crippen LogP contribution in [-0.2, 0) is 12.8 Å². The Morgan fingerprint density at radius 2 is 0.722 bits per heavy atom. The highest BCUT2D eigenvalue weighted by molar-refractivity contribution is 6.09. The van der Waals surface area contributed by atoms with Crippen LogP contribution >= 0.6 is 0 Å². The highest BCUT2D eigenvalue weighted by Gasteiger charge is 2.23. The number of aliphatic imine (C=N–C) groups is 2. The first-order chi connectivity index (χ1) is 43.9. The standard InChI is InChI=1S/C74H96N10O6/c1-81(2)35-19-41-85-57-25-31-63-55(45-57)47-67(75-63)53-23-30-62(74-78-66-34-28-60(52-70(66)80-74)88-44-22-38-84(7)8)72(49-53)90-40-18-16-14-12-10-9-11-13-15-17-39-89-71-50-54(73-77-65-33-27-59(51-69(65)79-73)87-43-21-37-83(5)6)24-29-61(71)68-48-56-46-58(26-32-64(56)76-68)86-42-20-36-82(3)4/h23-34,45-46,49-52H,9-22,35-44,47-48H2,1-8H3,(H,77,79)(H,78,80). The number of rotatable bonds is 39. The smallest absolute Gasteiger partial charge is 0.142 e. The van der Waals surface area contributed by atoms with Gasteiger partial charge >= 0.3 is 0 Å². The van der Waals surface area contributed by atoms with Gasteiger partial charge in [0.15, 0.2) is 0 Å². The molecule has 0 fully saturated rings. The highest BCUT2D eigenvalue weighted by atomic mass is 16.5. The molecule has 0 bridgehead atoms. The second kappa shape index (κ2) is 32.8. The maximum absolute atomic E-state index is 6.73. The topological polar surface area (TPSA) is 150 Å².